The van der Waals surface area contributed by atoms with Crippen LogP contribution in [-0.4, -0.2) is 12.3 Å². The van der Waals surface area contributed by atoms with E-state index in [-0.39, 0.29) is 5.92 Å². The van der Waals surface area contributed by atoms with Crippen LogP contribution in [0.1, 0.15) is 25.8 Å². The molecule has 0 aromatic carbocycles. The second kappa shape index (κ2) is 6.03. The molecule has 1 aromatic rings. The van der Waals surface area contributed by atoms with Gasteiger partial charge < -0.3 is 5.73 Å². The quantitative estimate of drug-likeness (QED) is 0.808. The summed E-state index contributed by atoms with van der Waals surface area (Å²) in [6.07, 6.45) is 1.47. The van der Waals surface area contributed by atoms with Gasteiger partial charge in [0.15, 0.2) is 0 Å². The topological polar surface area (TPSA) is 43.1 Å². The predicted octanol–water partition coefficient (Wildman–Crippen LogP) is 2.48. The Kier molecular flexibility index (Phi) is 4.99. The van der Waals surface area contributed by atoms with Crippen molar-refractivity contribution in [3.8, 4) is 0 Å². The summed E-state index contributed by atoms with van der Waals surface area (Å²) in [7, 11) is 0. The maximum absolute atomic E-state index is 11.8. The molecule has 0 saturated heterocycles. The van der Waals surface area contributed by atoms with Crippen molar-refractivity contribution in [3.05, 3.63) is 22.4 Å². The van der Waals surface area contributed by atoms with E-state index in [0.717, 1.165) is 6.42 Å². The lowest BCUT2D eigenvalue weighted by Crippen LogP contribution is -2.28. The van der Waals surface area contributed by atoms with Gasteiger partial charge in [-0.05, 0) is 34.7 Å². The van der Waals surface area contributed by atoms with Crippen molar-refractivity contribution in [3.63, 3.8) is 0 Å². The zero-order chi connectivity index (χ0) is 11.3. The summed E-state index contributed by atoms with van der Waals surface area (Å²) >= 11 is 1.68. The number of aryl methyl sites for hydroxylation is 1. The van der Waals surface area contributed by atoms with E-state index in [4.69, 9.17) is 5.73 Å². The van der Waals surface area contributed by atoms with Crippen molar-refractivity contribution in [1.29, 1.82) is 0 Å². The van der Waals surface area contributed by atoms with Crippen molar-refractivity contribution in [2.24, 2.45) is 17.6 Å². The number of hydrogen-bond donors (Lipinski definition) is 1. The third kappa shape index (κ3) is 3.76. The maximum Gasteiger partial charge on any atom is 0.137 e. The van der Waals surface area contributed by atoms with Gasteiger partial charge in [-0.25, -0.2) is 0 Å². The molecule has 1 rings (SSSR count). The van der Waals surface area contributed by atoms with Crippen molar-refractivity contribution in [1.82, 2.24) is 0 Å². The van der Waals surface area contributed by atoms with E-state index in [2.05, 4.69) is 25.3 Å². The summed E-state index contributed by atoms with van der Waals surface area (Å²) in [4.78, 5) is 11.8. The number of Topliss-reactive ketones (excluding diaryl/α,β-unsaturated/α-hetero) is 1. The predicted molar refractivity (Wildman–Crippen MR) is 65.0 cm³/mol. The maximum atomic E-state index is 11.8. The van der Waals surface area contributed by atoms with E-state index in [1.54, 1.807) is 11.3 Å². The van der Waals surface area contributed by atoms with Crippen molar-refractivity contribution >= 4 is 17.1 Å². The van der Waals surface area contributed by atoms with Gasteiger partial charge in [0.2, 0.25) is 0 Å². The minimum absolute atomic E-state index is 0.0311. The van der Waals surface area contributed by atoms with E-state index in [1.165, 1.54) is 5.56 Å². The molecule has 84 valence electrons. The Hall–Kier alpha value is -0.670. The molecule has 0 bridgehead atoms. The molecule has 0 aliphatic rings. The van der Waals surface area contributed by atoms with Crippen LogP contribution in [0.15, 0.2) is 16.8 Å². The number of hydrogen-bond acceptors (Lipinski definition) is 3. The highest BCUT2D eigenvalue weighted by atomic mass is 32.1. The molecule has 0 amide bonds. The number of nitrogens with two attached hydrogens (primary N) is 1. The summed E-state index contributed by atoms with van der Waals surface area (Å²) in [5.74, 6) is 0.687. The highest BCUT2D eigenvalue weighted by Crippen LogP contribution is 2.15. The third-order valence-corrected chi connectivity index (χ3v) is 3.44. The second-order valence-corrected chi connectivity index (χ2v) is 4.96. The van der Waals surface area contributed by atoms with Crippen LogP contribution in [0.3, 0.4) is 0 Å². The number of carbonyl (C=O) groups is 1. The van der Waals surface area contributed by atoms with Gasteiger partial charge in [0.1, 0.15) is 5.78 Å². The molecule has 15 heavy (non-hydrogen) atoms. The Morgan fingerprint density at radius 3 is 2.73 bits per heavy atom. The minimum atomic E-state index is 0.0311. The Bertz CT molecular complexity index is 293. The number of rotatable bonds is 6. The van der Waals surface area contributed by atoms with E-state index in [1.807, 2.05) is 5.38 Å². The van der Waals surface area contributed by atoms with Gasteiger partial charge in [0.25, 0.3) is 0 Å². The fraction of sp³-hybridized carbons (Fsp3) is 0.583. The monoisotopic (exact) mass is 225 g/mol. The van der Waals surface area contributed by atoms with Crippen LogP contribution in [0, 0.1) is 11.8 Å². The van der Waals surface area contributed by atoms with Gasteiger partial charge in [0.05, 0.1) is 0 Å². The summed E-state index contributed by atoms with van der Waals surface area (Å²) < 4.78 is 0. The molecule has 0 spiro atoms. The van der Waals surface area contributed by atoms with Crippen LogP contribution in [0.5, 0.6) is 0 Å². The van der Waals surface area contributed by atoms with E-state index in [9.17, 15) is 4.79 Å². The van der Waals surface area contributed by atoms with Crippen LogP contribution in [0.25, 0.3) is 0 Å². The van der Waals surface area contributed by atoms with Crippen LogP contribution in [0.2, 0.25) is 0 Å². The molecule has 0 aliphatic heterocycles. The highest BCUT2D eigenvalue weighted by molar-refractivity contribution is 7.07. The van der Waals surface area contributed by atoms with Crippen molar-refractivity contribution in [2.45, 2.75) is 26.7 Å². The summed E-state index contributed by atoms with van der Waals surface area (Å²) in [6.45, 7) is 4.58. The van der Waals surface area contributed by atoms with Crippen LogP contribution >= 0.6 is 11.3 Å². The first-order chi connectivity index (χ1) is 7.15. The van der Waals surface area contributed by atoms with Crippen LogP contribution in [0.4, 0.5) is 0 Å². The van der Waals surface area contributed by atoms with Gasteiger partial charge in [0, 0.05) is 18.9 Å². The molecule has 1 aromatic heterocycles. The molecule has 0 radical (unpaired) electrons. The molecule has 0 aliphatic carbocycles. The van der Waals surface area contributed by atoms with Gasteiger partial charge >= 0.3 is 0 Å². The Morgan fingerprint density at radius 2 is 2.27 bits per heavy atom. The molecule has 2 nitrogen and oxygen atoms in total. The summed E-state index contributed by atoms with van der Waals surface area (Å²) in [5, 5.41) is 4.14. The molecule has 1 unspecified atom stereocenters. The first-order valence-corrected chi connectivity index (χ1v) is 6.33. The van der Waals surface area contributed by atoms with Gasteiger partial charge in [-0.1, -0.05) is 13.8 Å². The number of ketones is 1. The highest BCUT2D eigenvalue weighted by Gasteiger charge is 2.19. The van der Waals surface area contributed by atoms with Gasteiger partial charge in [-0.2, -0.15) is 11.3 Å². The van der Waals surface area contributed by atoms with Crippen molar-refractivity contribution < 1.29 is 4.79 Å². The fourth-order valence-corrected chi connectivity index (χ4v) is 2.37. The summed E-state index contributed by atoms with van der Waals surface area (Å²) in [6, 6.07) is 2.07. The largest absolute Gasteiger partial charge is 0.330 e. The minimum Gasteiger partial charge on any atom is -0.330 e. The average molecular weight is 225 g/mol. The molecular formula is C12H19NOS. The van der Waals surface area contributed by atoms with E-state index < -0.39 is 0 Å². The molecule has 0 fully saturated rings. The molecule has 1 heterocycles. The van der Waals surface area contributed by atoms with Gasteiger partial charge in [-0.15, -0.1) is 0 Å². The molecule has 2 N–H and O–H groups in total. The van der Waals surface area contributed by atoms with Gasteiger partial charge in [-0.3, -0.25) is 4.79 Å². The molecule has 3 heteroatoms. The Balaban J connectivity index is 2.41. The molecular weight excluding hydrogens is 206 g/mol. The smallest absolute Gasteiger partial charge is 0.137 e. The van der Waals surface area contributed by atoms with Crippen molar-refractivity contribution in [2.75, 3.05) is 6.54 Å². The lowest BCUT2D eigenvalue weighted by atomic mass is 9.89. The molecule has 0 saturated carbocycles. The van der Waals surface area contributed by atoms with Crippen LogP contribution in [-0.2, 0) is 11.2 Å². The normalized spacial score (nSPS) is 13.1. The second-order valence-electron chi connectivity index (χ2n) is 4.18. The first-order valence-electron chi connectivity index (χ1n) is 5.39. The summed E-state index contributed by atoms with van der Waals surface area (Å²) in [5.41, 5.74) is 6.86. The van der Waals surface area contributed by atoms with Crippen LogP contribution < -0.4 is 5.73 Å². The van der Waals surface area contributed by atoms with E-state index in [0.29, 0.717) is 24.7 Å². The lowest BCUT2D eigenvalue weighted by Gasteiger charge is -2.16. The number of thiophene rings is 1. The zero-order valence-electron chi connectivity index (χ0n) is 9.40. The Labute approximate surface area is 95.5 Å². The SMILES string of the molecule is CC(C)C(CN)C(=O)CCc1ccsc1. The molecule has 1 atom stereocenters. The lowest BCUT2D eigenvalue weighted by molar-refractivity contribution is -0.123. The van der Waals surface area contributed by atoms with E-state index >= 15 is 0 Å². The fourth-order valence-electron chi connectivity index (χ4n) is 1.66. The standard InChI is InChI=1S/C12H19NOS/c1-9(2)11(7-13)12(14)4-3-10-5-6-15-8-10/h5-6,8-9,11H,3-4,7,13H2,1-2H3. The Morgan fingerprint density at radius 1 is 1.53 bits per heavy atom. The zero-order valence-corrected chi connectivity index (χ0v) is 10.2. The first kappa shape index (κ1) is 12.4. The number of carbonyl (C=O) groups excluding carboxylic acids is 1. The third-order valence-electron chi connectivity index (χ3n) is 2.71. The average Bonchev–Trinajstić information content (AvgIpc) is 2.67.